The Morgan fingerprint density at radius 3 is 2.03 bits per heavy atom. The summed E-state index contributed by atoms with van der Waals surface area (Å²) in [6, 6.07) is 1.36. The summed E-state index contributed by atoms with van der Waals surface area (Å²) in [7, 11) is 1.41. The molecular weight excluding hydrogens is 453 g/mol. The highest BCUT2D eigenvalue weighted by Crippen LogP contribution is 2.19. The highest BCUT2D eigenvalue weighted by Gasteiger charge is 2.29. The molecule has 1 aliphatic carbocycles. The molecule has 11 heteroatoms. The topological polar surface area (TPSA) is 85.9 Å². The van der Waals surface area contributed by atoms with E-state index in [0.29, 0.717) is 12.1 Å². The molecule has 0 aromatic carbocycles. The zero-order valence-electron chi connectivity index (χ0n) is 17.8. The fraction of sp³-hybridized carbons (Fsp3) is 0.895. The van der Waals surface area contributed by atoms with Gasteiger partial charge < -0.3 is 25.6 Å². The lowest BCUT2D eigenvalue weighted by Crippen LogP contribution is -2.57. The van der Waals surface area contributed by atoms with Gasteiger partial charge in [0.2, 0.25) is 0 Å². The summed E-state index contributed by atoms with van der Waals surface area (Å²) in [5, 5.41) is 9.87. The van der Waals surface area contributed by atoms with Crippen molar-refractivity contribution in [2.45, 2.75) is 56.7 Å². The third kappa shape index (κ3) is 8.93. The summed E-state index contributed by atoms with van der Waals surface area (Å²) in [4.78, 5) is 28.3. The molecule has 0 atom stereocenters. The van der Waals surface area contributed by atoms with Crippen LogP contribution in [0.3, 0.4) is 0 Å². The molecule has 2 saturated heterocycles. The lowest BCUT2D eigenvalue weighted by Gasteiger charge is -2.41. The fourth-order valence-corrected chi connectivity index (χ4v) is 4.47. The van der Waals surface area contributed by atoms with Crippen LogP contribution in [-0.4, -0.2) is 92.8 Å². The molecule has 2 amide bonds. The van der Waals surface area contributed by atoms with Gasteiger partial charge in [0.25, 0.3) is 0 Å². The van der Waals surface area contributed by atoms with Crippen LogP contribution in [0, 0.1) is 0 Å². The van der Waals surface area contributed by atoms with Crippen molar-refractivity contribution in [3.63, 3.8) is 0 Å². The Kier molecular flexibility index (Phi) is 15.1. The number of piperazine rings is 1. The van der Waals surface area contributed by atoms with Crippen LogP contribution in [0.15, 0.2) is 0 Å². The number of methoxy groups -OCH3 is 1. The third-order valence-corrected chi connectivity index (χ3v) is 6.24. The lowest BCUT2D eigenvalue weighted by molar-refractivity contribution is -0.139. The Hall–Kier alpha value is -0.510. The van der Waals surface area contributed by atoms with Crippen molar-refractivity contribution in [3.05, 3.63) is 0 Å². The summed E-state index contributed by atoms with van der Waals surface area (Å²) in [6.45, 7) is 6.12. The van der Waals surface area contributed by atoms with Gasteiger partial charge in [0.1, 0.15) is 0 Å². The van der Waals surface area contributed by atoms with E-state index in [2.05, 4.69) is 25.6 Å². The van der Waals surface area contributed by atoms with Gasteiger partial charge in [-0.25, -0.2) is 4.79 Å². The smallest absolute Gasteiger partial charge is 0.319 e. The van der Waals surface area contributed by atoms with E-state index in [1.807, 2.05) is 4.90 Å². The number of rotatable bonds is 5. The van der Waals surface area contributed by atoms with Gasteiger partial charge in [-0.1, -0.05) is 0 Å². The van der Waals surface area contributed by atoms with Crippen molar-refractivity contribution < 1.29 is 14.3 Å². The highest BCUT2D eigenvalue weighted by molar-refractivity contribution is 5.86. The Morgan fingerprint density at radius 2 is 1.47 bits per heavy atom. The number of ether oxygens (including phenoxy) is 1. The van der Waals surface area contributed by atoms with Gasteiger partial charge in [0.15, 0.2) is 0 Å². The number of carbonyl (C=O) groups excluding carboxylic acids is 2. The predicted molar refractivity (Wildman–Crippen MR) is 125 cm³/mol. The standard InChI is InChI=1S/C19H35N5O3.3ClH/c1-27-18(25)14-21-15-2-4-16(5-3-15)22-19(26)24-12-10-23(11-13-24)17-6-8-20-9-7-17;;;/h15-17,20-21H,2-14H2,1H3,(H,22,26);3*1H/t15-,16-;;;. The number of nitrogens with one attached hydrogen (secondary N) is 3. The molecule has 3 N–H and O–H groups in total. The van der Waals surface area contributed by atoms with E-state index >= 15 is 0 Å². The monoisotopic (exact) mass is 489 g/mol. The molecule has 0 radical (unpaired) electrons. The van der Waals surface area contributed by atoms with Crippen molar-refractivity contribution in [3.8, 4) is 0 Å². The molecule has 2 heterocycles. The molecule has 2 aliphatic heterocycles. The van der Waals surface area contributed by atoms with E-state index in [1.165, 1.54) is 20.0 Å². The Bertz CT molecular complexity index is 496. The van der Waals surface area contributed by atoms with E-state index in [4.69, 9.17) is 0 Å². The number of esters is 1. The number of urea groups is 1. The molecule has 178 valence electrons. The summed E-state index contributed by atoms with van der Waals surface area (Å²) in [6.07, 6.45) is 6.31. The predicted octanol–water partition coefficient (Wildman–Crippen LogP) is 1.40. The van der Waals surface area contributed by atoms with Crippen LogP contribution >= 0.6 is 37.2 Å². The number of nitrogens with zero attached hydrogens (tertiary/aromatic N) is 2. The normalized spacial score (nSPS) is 25.2. The van der Waals surface area contributed by atoms with Crippen LogP contribution in [-0.2, 0) is 9.53 Å². The molecule has 3 fully saturated rings. The van der Waals surface area contributed by atoms with Gasteiger partial charge in [0.05, 0.1) is 13.7 Å². The Balaban J connectivity index is 0.00000280. The average molecular weight is 491 g/mol. The van der Waals surface area contributed by atoms with Crippen LogP contribution in [0.4, 0.5) is 4.79 Å². The Morgan fingerprint density at radius 1 is 0.900 bits per heavy atom. The van der Waals surface area contributed by atoms with E-state index in [0.717, 1.165) is 65.0 Å². The van der Waals surface area contributed by atoms with Crippen LogP contribution < -0.4 is 16.0 Å². The first kappa shape index (κ1) is 29.5. The van der Waals surface area contributed by atoms with Gasteiger partial charge in [-0.2, -0.15) is 0 Å². The molecule has 1 saturated carbocycles. The van der Waals surface area contributed by atoms with Gasteiger partial charge in [-0.15, -0.1) is 37.2 Å². The number of piperidine rings is 1. The lowest BCUT2D eigenvalue weighted by atomic mass is 9.91. The zero-order valence-corrected chi connectivity index (χ0v) is 20.2. The molecule has 0 aromatic heterocycles. The van der Waals surface area contributed by atoms with E-state index in [9.17, 15) is 9.59 Å². The minimum absolute atomic E-state index is 0. The summed E-state index contributed by atoms with van der Waals surface area (Å²) in [5.41, 5.74) is 0. The molecule has 0 bridgehead atoms. The first-order chi connectivity index (χ1) is 13.2. The second-order valence-electron chi connectivity index (χ2n) is 7.96. The van der Waals surface area contributed by atoms with Crippen molar-refractivity contribution in [1.82, 2.24) is 25.8 Å². The van der Waals surface area contributed by atoms with Crippen molar-refractivity contribution >= 4 is 49.2 Å². The number of hydrogen-bond donors (Lipinski definition) is 3. The van der Waals surface area contributed by atoms with Crippen LogP contribution in [0.25, 0.3) is 0 Å². The second-order valence-corrected chi connectivity index (χ2v) is 7.96. The van der Waals surface area contributed by atoms with Gasteiger partial charge in [0, 0.05) is 44.3 Å². The van der Waals surface area contributed by atoms with E-state index in [-0.39, 0.29) is 61.8 Å². The maximum absolute atomic E-state index is 12.6. The first-order valence-electron chi connectivity index (χ1n) is 10.5. The van der Waals surface area contributed by atoms with E-state index in [1.54, 1.807) is 0 Å². The molecule has 3 rings (SSSR count). The molecule has 0 aromatic rings. The molecule has 30 heavy (non-hydrogen) atoms. The number of carbonyl (C=O) groups is 2. The summed E-state index contributed by atoms with van der Waals surface area (Å²) < 4.78 is 4.66. The SMILES string of the molecule is COC(=O)CN[C@H]1CC[C@H](NC(=O)N2CCN(C3CCNCC3)CC2)CC1.Cl.Cl.Cl. The van der Waals surface area contributed by atoms with Gasteiger partial charge in [-0.05, 0) is 51.6 Å². The largest absolute Gasteiger partial charge is 0.468 e. The van der Waals surface area contributed by atoms with Crippen molar-refractivity contribution in [1.29, 1.82) is 0 Å². The van der Waals surface area contributed by atoms with Gasteiger partial charge in [-0.3, -0.25) is 9.69 Å². The Labute approximate surface area is 198 Å². The summed E-state index contributed by atoms with van der Waals surface area (Å²) >= 11 is 0. The minimum atomic E-state index is -0.228. The first-order valence-corrected chi connectivity index (χ1v) is 10.5. The molecule has 0 spiro atoms. The van der Waals surface area contributed by atoms with Crippen LogP contribution in [0.5, 0.6) is 0 Å². The number of amides is 2. The minimum Gasteiger partial charge on any atom is -0.468 e. The van der Waals surface area contributed by atoms with Crippen molar-refractivity contribution in [2.24, 2.45) is 0 Å². The quantitative estimate of drug-likeness (QED) is 0.505. The van der Waals surface area contributed by atoms with Crippen LogP contribution in [0.1, 0.15) is 38.5 Å². The fourth-order valence-electron chi connectivity index (χ4n) is 4.47. The zero-order chi connectivity index (χ0) is 19.1. The van der Waals surface area contributed by atoms with Crippen molar-refractivity contribution in [2.75, 3.05) is 52.9 Å². The average Bonchev–Trinajstić information content (AvgIpc) is 2.73. The van der Waals surface area contributed by atoms with Gasteiger partial charge >= 0.3 is 12.0 Å². The summed E-state index contributed by atoms with van der Waals surface area (Å²) in [5.74, 6) is -0.228. The molecular formula is C19H38Cl3N5O3. The second kappa shape index (κ2) is 15.3. The molecule has 8 nitrogen and oxygen atoms in total. The maximum Gasteiger partial charge on any atom is 0.319 e. The molecule has 3 aliphatic rings. The number of hydrogen-bond acceptors (Lipinski definition) is 6. The molecule has 0 unspecified atom stereocenters. The maximum atomic E-state index is 12.6. The van der Waals surface area contributed by atoms with E-state index < -0.39 is 0 Å². The third-order valence-electron chi connectivity index (χ3n) is 6.24. The van der Waals surface area contributed by atoms with Crippen LogP contribution in [0.2, 0.25) is 0 Å². The number of halogens is 3. The highest BCUT2D eigenvalue weighted by atomic mass is 35.5.